The number of rotatable bonds is 5. The average Bonchev–Trinajstić information content (AvgIpc) is 2.44. The van der Waals surface area contributed by atoms with Crippen molar-refractivity contribution in [2.24, 2.45) is 0 Å². The normalized spacial score (nSPS) is 10.0. The second-order valence-corrected chi connectivity index (χ2v) is 5.09. The molecule has 0 bridgehead atoms. The highest BCUT2D eigenvalue weighted by atomic mass is 35.5. The Morgan fingerprint density at radius 3 is 2.48 bits per heavy atom. The number of nitrogens with zero attached hydrogens (tertiary/aromatic N) is 1. The minimum absolute atomic E-state index is 0.301. The Balaban J connectivity index is 2.07. The van der Waals surface area contributed by atoms with Crippen molar-refractivity contribution in [3.63, 3.8) is 0 Å². The lowest BCUT2D eigenvalue weighted by Crippen LogP contribution is -2.13. The third-order valence-corrected chi connectivity index (χ3v) is 3.00. The van der Waals surface area contributed by atoms with Crippen molar-refractivity contribution in [1.82, 2.24) is 4.98 Å². The van der Waals surface area contributed by atoms with Crippen LogP contribution in [0.3, 0.4) is 0 Å². The minimum atomic E-state index is -0.330. The van der Waals surface area contributed by atoms with Crippen molar-refractivity contribution in [1.29, 1.82) is 0 Å². The maximum atomic E-state index is 12.1. The Bertz CT molecular complexity index is 636. The maximum Gasteiger partial charge on any atom is 0.274 e. The van der Waals surface area contributed by atoms with Gasteiger partial charge in [-0.05, 0) is 30.3 Å². The zero-order valence-corrected chi connectivity index (χ0v) is 12.6. The number of hydrogen-bond donors (Lipinski definition) is 2. The van der Waals surface area contributed by atoms with Crippen molar-refractivity contribution >= 4 is 40.5 Å². The molecule has 0 atom stereocenters. The number of halogens is 2. The summed E-state index contributed by atoms with van der Waals surface area (Å²) in [6.45, 7) is 4.25. The standard InChI is InChI=1S/C15H13Cl2N3O/c1-2-5-18-12-3-4-14(19-9-12)15(21)20-13-7-10(16)6-11(17)8-13/h2-4,6-9,18H,1,5H2,(H,20,21). The van der Waals surface area contributed by atoms with Crippen molar-refractivity contribution in [2.45, 2.75) is 0 Å². The van der Waals surface area contributed by atoms with E-state index in [0.29, 0.717) is 28.0 Å². The molecule has 21 heavy (non-hydrogen) atoms. The van der Waals surface area contributed by atoms with Crippen LogP contribution in [0, 0.1) is 0 Å². The van der Waals surface area contributed by atoms with Crippen LogP contribution in [0.2, 0.25) is 10.0 Å². The van der Waals surface area contributed by atoms with Crippen LogP contribution in [0.25, 0.3) is 0 Å². The molecular weight excluding hydrogens is 309 g/mol. The summed E-state index contributed by atoms with van der Waals surface area (Å²) in [6, 6.07) is 8.23. The SMILES string of the molecule is C=CCNc1ccc(C(=O)Nc2cc(Cl)cc(Cl)c2)nc1. The summed E-state index contributed by atoms with van der Waals surface area (Å²) >= 11 is 11.8. The minimum Gasteiger partial charge on any atom is -0.380 e. The molecule has 108 valence electrons. The lowest BCUT2D eigenvalue weighted by molar-refractivity contribution is 0.102. The summed E-state index contributed by atoms with van der Waals surface area (Å²) in [5, 5.41) is 6.68. The number of nitrogens with one attached hydrogen (secondary N) is 2. The molecule has 0 aliphatic rings. The second-order valence-electron chi connectivity index (χ2n) is 4.21. The number of benzene rings is 1. The molecule has 0 aliphatic heterocycles. The summed E-state index contributed by atoms with van der Waals surface area (Å²) in [7, 11) is 0. The number of anilines is 2. The van der Waals surface area contributed by atoms with Crippen LogP contribution in [0.1, 0.15) is 10.5 Å². The Labute approximate surface area is 132 Å². The predicted octanol–water partition coefficient (Wildman–Crippen LogP) is 4.24. The number of hydrogen-bond acceptors (Lipinski definition) is 3. The van der Waals surface area contributed by atoms with Gasteiger partial charge in [0.2, 0.25) is 0 Å². The molecule has 1 aromatic heterocycles. The Hall–Kier alpha value is -2.04. The van der Waals surface area contributed by atoms with Gasteiger partial charge in [0.05, 0.1) is 11.9 Å². The Morgan fingerprint density at radius 2 is 1.90 bits per heavy atom. The molecule has 0 unspecified atom stereocenters. The predicted molar refractivity (Wildman–Crippen MR) is 87.3 cm³/mol. The summed E-state index contributed by atoms with van der Waals surface area (Å²) in [4.78, 5) is 16.2. The fourth-order valence-electron chi connectivity index (χ4n) is 1.64. The van der Waals surface area contributed by atoms with E-state index in [4.69, 9.17) is 23.2 Å². The summed E-state index contributed by atoms with van der Waals surface area (Å²) < 4.78 is 0. The van der Waals surface area contributed by atoms with Crippen LogP contribution in [0.5, 0.6) is 0 Å². The lowest BCUT2D eigenvalue weighted by atomic mass is 10.3. The highest BCUT2D eigenvalue weighted by Crippen LogP contribution is 2.22. The molecule has 1 amide bonds. The van der Waals surface area contributed by atoms with Gasteiger partial charge in [-0.25, -0.2) is 4.98 Å². The van der Waals surface area contributed by atoms with Crippen LogP contribution in [-0.4, -0.2) is 17.4 Å². The van der Waals surface area contributed by atoms with E-state index in [0.717, 1.165) is 5.69 Å². The number of amides is 1. The number of carbonyl (C=O) groups excluding carboxylic acids is 1. The fourth-order valence-corrected chi connectivity index (χ4v) is 2.17. The highest BCUT2D eigenvalue weighted by molar-refractivity contribution is 6.35. The molecule has 0 spiro atoms. The van der Waals surface area contributed by atoms with E-state index in [1.807, 2.05) is 0 Å². The van der Waals surface area contributed by atoms with Crippen molar-refractivity contribution in [2.75, 3.05) is 17.2 Å². The van der Waals surface area contributed by atoms with E-state index in [1.54, 1.807) is 42.6 Å². The zero-order valence-electron chi connectivity index (χ0n) is 11.1. The van der Waals surface area contributed by atoms with E-state index in [2.05, 4.69) is 22.2 Å². The molecule has 4 nitrogen and oxygen atoms in total. The van der Waals surface area contributed by atoms with Gasteiger partial charge in [-0.1, -0.05) is 29.3 Å². The van der Waals surface area contributed by atoms with Gasteiger partial charge in [0.25, 0.3) is 5.91 Å². The first-order valence-electron chi connectivity index (χ1n) is 6.17. The van der Waals surface area contributed by atoms with Gasteiger partial charge in [-0.2, -0.15) is 0 Å². The first kappa shape index (κ1) is 15.4. The van der Waals surface area contributed by atoms with Gasteiger partial charge in [-0.3, -0.25) is 4.79 Å². The van der Waals surface area contributed by atoms with Gasteiger partial charge in [-0.15, -0.1) is 6.58 Å². The molecule has 6 heteroatoms. The topological polar surface area (TPSA) is 54.0 Å². The average molecular weight is 322 g/mol. The largest absolute Gasteiger partial charge is 0.380 e. The molecule has 2 N–H and O–H groups in total. The third kappa shape index (κ3) is 4.48. The van der Waals surface area contributed by atoms with E-state index >= 15 is 0 Å². The molecule has 2 rings (SSSR count). The van der Waals surface area contributed by atoms with Crippen LogP contribution < -0.4 is 10.6 Å². The zero-order chi connectivity index (χ0) is 15.2. The number of pyridine rings is 1. The molecule has 1 aromatic carbocycles. The van der Waals surface area contributed by atoms with Crippen LogP contribution in [0.15, 0.2) is 49.2 Å². The highest BCUT2D eigenvalue weighted by Gasteiger charge is 2.08. The van der Waals surface area contributed by atoms with Crippen molar-refractivity contribution in [3.8, 4) is 0 Å². The smallest absolute Gasteiger partial charge is 0.274 e. The summed E-state index contributed by atoms with van der Waals surface area (Å²) in [6.07, 6.45) is 3.33. The van der Waals surface area contributed by atoms with Gasteiger partial charge >= 0.3 is 0 Å². The summed E-state index contributed by atoms with van der Waals surface area (Å²) in [5.74, 6) is -0.330. The number of carbonyl (C=O) groups is 1. The maximum absolute atomic E-state index is 12.1. The number of aromatic nitrogens is 1. The molecule has 0 saturated carbocycles. The molecule has 0 fully saturated rings. The molecule has 1 heterocycles. The van der Waals surface area contributed by atoms with Crippen molar-refractivity contribution in [3.05, 3.63) is 64.9 Å². The molecule has 2 aromatic rings. The molecule has 0 saturated heterocycles. The van der Waals surface area contributed by atoms with Crippen molar-refractivity contribution < 1.29 is 4.79 Å². The van der Waals surface area contributed by atoms with Gasteiger partial charge in [0.15, 0.2) is 0 Å². The molecule has 0 radical (unpaired) electrons. The van der Waals surface area contributed by atoms with Gasteiger partial charge in [0, 0.05) is 22.3 Å². The quantitative estimate of drug-likeness (QED) is 0.810. The Morgan fingerprint density at radius 1 is 1.19 bits per heavy atom. The first-order valence-corrected chi connectivity index (χ1v) is 6.92. The van der Waals surface area contributed by atoms with Gasteiger partial charge < -0.3 is 10.6 Å². The van der Waals surface area contributed by atoms with E-state index in [1.165, 1.54) is 0 Å². The molecule has 0 aliphatic carbocycles. The summed E-state index contributed by atoms with van der Waals surface area (Å²) in [5.41, 5.74) is 1.64. The molecular formula is C15H13Cl2N3O. The van der Waals surface area contributed by atoms with Crippen LogP contribution in [-0.2, 0) is 0 Å². The lowest BCUT2D eigenvalue weighted by Gasteiger charge is -2.07. The van der Waals surface area contributed by atoms with E-state index in [9.17, 15) is 4.79 Å². The Kier molecular flexibility index (Phi) is 5.20. The van der Waals surface area contributed by atoms with Crippen LogP contribution in [0.4, 0.5) is 11.4 Å². The monoisotopic (exact) mass is 321 g/mol. The van der Waals surface area contributed by atoms with E-state index in [-0.39, 0.29) is 5.91 Å². The second kappa shape index (κ2) is 7.11. The first-order chi connectivity index (χ1) is 10.1. The van der Waals surface area contributed by atoms with Gasteiger partial charge in [0.1, 0.15) is 5.69 Å². The van der Waals surface area contributed by atoms with E-state index < -0.39 is 0 Å². The van der Waals surface area contributed by atoms with Crippen LogP contribution >= 0.6 is 23.2 Å². The fraction of sp³-hybridized carbons (Fsp3) is 0.0667. The third-order valence-electron chi connectivity index (χ3n) is 2.57.